The Balaban J connectivity index is 2.89. The highest BCUT2D eigenvalue weighted by atomic mass is 79.9. The predicted octanol–water partition coefficient (Wildman–Crippen LogP) is 4.91. The van der Waals surface area contributed by atoms with Crippen LogP contribution in [-0.2, 0) is 0 Å². The van der Waals surface area contributed by atoms with Gasteiger partial charge < -0.3 is 5.32 Å². The molecule has 1 rings (SSSR count). The van der Waals surface area contributed by atoms with E-state index in [9.17, 15) is 0 Å². The van der Waals surface area contributed by atoms with E-state index in [0.29, 0.717) is 11.5 Å². The van der Waals surface area contributed by atoms with Crippen LogP contribution in [0.4, 0.5) is 0 Å². The van der Waals surface area contributed by atoms with Gasteiger partial charge in [0, 0.05) is 20.3 Å². The summed E-state index contributed by atoms with van der Waals surface area (Å²) in [6.07, 6.45) is 1.17. The van der Waals surface area contributed by atoms with Crippen LogP contribution in [0.3, 0.4) is 0 Å². The minimum Gasteiger partial charge on any atom is -0.309 e. The first-order chi connectivity index (χ1) is 7.33. The number of thiophene rings is 1. The molecular weight excluding hydrogens is 282 g/mol. The Hall–Kier alpha value is 0.140. The molecule has 0 amide bonds. The molecule has 3 heteroatoms. The summed E-state index contributed by atoms with van der Waals surface area (Å²) in [6, 6.07) is 2.69. The highest BCUT2D eigenvalue weighted by Crippen LogP contribution is 2.37. The monoisotopic (exact) mass is 303 g/mol. The first-order valence-electron chi connectivity index (χ1n) is 5.82. The molecule has 0 saturated carbocycles. The van der Waals surface area contributed by atoms with Crippen LogP contribution < -0.4 is 5.32 Å². The zero-order valence-corrected chi connectivity index (χ0v) is 13.3. The van der Waals surface area contributed by atoms with Gasteiger partial charge in [0.25, 0.3) is 0 Å². The standard InChI is InChI=1S/C13H22BrNS/c1-6-15-11(8-13(3,4)5)12-10(14)7-9(2)16-12/h7,11,15H,6,8H2,1-5H3. The van der Waals surface area contributed by atoms with Crippen LogP contribution in [0.1, 0.15) is 49.9 Å². The average Bonchev–Trinajstić information content (AvgIpc) is 2.42. The fourth-order valence-electron chi connectivity index (χ4n) is 1.86. The number of halogens is 1. The number of nitrogens with one attached hydrogen (secondary N) is 1. The Morgan fingerprint density at radius 3 is 2.44 bits per heavy atom. The molecule has 16 heavy (non-hydrogen) atoms. The Labute approximate surface area is 112 Å². The fraction of sp³-hybridized carbons (Fsp3) is 0.692. The van der Waals surface area contributed by atoms with Crippen LogP contribution in [0, 0.1) is 12.3 Å². The van der Waals surface area contributed by atoms with Gasteiger partial charge in [0.2, 0.25) is 0 Å². The maximum atomic E-state index is 3.67. The SMILES string of the molecule is CCNC(CC(C)(C)C)c1sc(C)cc1Br. The Morgan fingerprint density at radius 2 is 2.06 bits per heavy atom. The van der Waals surface area contributed by atoms with Crippen molar-refractivity contribution in [3.8, 4) is 0 Å². The van der Waals surface area contributed by atoms with E-state index in [4.69, 9.17) is 0 Å². The van der Waals surface area contributed by atoms with Crippen LogP contribution in [0.15, 0.2) is 10.5 Å². The zero-order chi connectivity index (χ0) is 12.3. The third-order valence-corrected chi connectivity index (χ3v) is 4.50. The van der Waals surface area contributed by atoms with Crippen LogP contribution in [-0.4, -0.2) is 6.54 Å². The van der Waals surface area contributed by atoms with Crippen molar-refractivity contribution in [1.29, 1.82) is 0 Å². The highest BCUT2D eigenvalue weighted by molar-refractivity contribution is 9.10. The molecule has 0 aliphatic heterocycles. The van der Waals surface area contributed by atoms with Crippen molar-refractivity contribution < 1.29 is 0 Å². The van der Waals surface area contributed by atoms with Gasteiger partial charge in [0.05, 0.1) is 0 Å². The van der Waals surface area contributed by atoms with E-state index in [2.05, 4.69) is 61.9 Å². The van der Waals surface area contributed by atoms with Crippen LogP contribution in [0.5, 0.6) is 0 Å². The topological polar surface area (TPSA) is 12.0 Å². The molecule has 0 saturated heterocycles. The average molecular weight is 304 g/mol. The Kier molecular flexibility index (Phi) is 5.02. The quantitative estimate of drug-likeness (QED) is 0.833. The lowest BCUT2D eigenvalue weighted by molar-refractivity contribution is 0.316. The van der Waals surface area contributed by atoms with E-state index in [1.807, 2.05) is 11.3 Å². The molecule has 0 aromatic carbocycles. The summed E-state index contributed by atoms with van der Waals surface area (Å²) in [5, 5.41) is 3.59. The second-order valence-corrected chi connectivity index (χ2v) is 7.59. The van der Waals surface area contributed by atoms with E-state index >= 15 is 0 Å². The molecule has 0 aliphatic carbocycles. The lowest BCUT2D eigenvalue weighted by atomic mass is 9.87. The number of hydrogen-bond acceptors (Lipinski definition) is 2. The van der Waals surface area contributed by atoms with Crippen molar-refractivity contribution in [3.63, 3.8) is 0 Å². The Bertz CT molecular complexity index is 338. The molecule has 1 N–H and O–H groups in total. The van der Waals surface area contributed by atoms with E-state index < -0.39 is 0 Å². The van der Waals surface area contributed by atoms with Gasteiger partial charge in [-0.25, -0.2) is 0 Å². The first-order valence-corrected chi connectivity index (χ1v) is 7.43. The maximum Gasteiger partial charge on any atom is 0.0431 e. The summed E-state index contributed by atoms with van der Waals surface area (Å²) in [5.41, 5.74) is 0.351. The van der Waals surface area contributed by atoms with Gasteiger partial charge in [-0.15, -0.1) is 11.3 Å². The van der Waals surface area contributed by atoms with Crippen molar-refractivity contribution in [2.75, 3.05) is 6.54 Å². The highest BCUT2D eigenvalue weighted by Gasteiger charge is 2.22. The number of hydrogen-bond donors (Lipinski definition) is 1. The summed E-state index contributed by atoms with van der Waals surface area (Å²) < 4.78 is 1.25. The normalized spacial score (nSPS) is 14.1. The van der Waals surface area contributed by atoms with Gasteiger partial charge in [0.15, 0.2) is 0 Å². The largest absolute Gasteiger partial charge is 0.309 e. The molecule has 0 bridgehead atoms. The lowest BCUT2D eigenvalue weighted by Gasteiger charge is -2.26. The summed E-state index contributed by atoms with van der Waals surface area (Å²) in [6.45, 7) is 12.2. The van der Waals surface area contributed by atoms with Crippen molar-refractivity contribution in [3.05, 3.63) is 20.3 Å². The van der Waals surface area contributed by atoms with Gasteiger partial charge in [-0.2, -0.15) is 0 Å². The molecule has 0 spiro atoms. The van der Waals surface area contributed by atoms with Crippen molar-refractivity contribution >= 4 is 27.3 Å². The van der Waals surface area contributed by atoms with Crippen molar-refractivity contribution in [2.45, 2.75) is 47.1 Å². The third-order valence-electron chi connectivity index (χ3n) is 2.42. The maximum absolute atomic E-state index is 3.67. The molecule has 0 fully saturated rings. The lowest BCUT2D eigenvalue weighted by Crippen LogP contribution is -2.25. The van der Waals surface area contributed by atoms with E-state index in [1.165, 1.54) is 20.6 Å². The van der Waals surface area contributed by atoms with Crippen molar-refractivity contribution in [2.24, 2.45) is 5.41 Å². The van der Waals surface area contributed by atoms with Crippen LogP contribution >= 0.6 is 27.3 Å². The molecule has 1 aromatic rings. The van der Waals surface area contributed by atoms with Crippen LogP contribution in [0.2, 0.25) is 0 Å². The molecule has 1 aromatic heterocycles. The molecular formula is C13H22BrNS. The first kappa shape index (κ1) is 14.2. The molecule has 0 aliphatic rings. The summed E-state index contributed by atoms with van der Waals surface area (Å²) in [4.78, 5) is 2.81. The van der Waals surface area contributed by atoms with E-state index in [-0.39, 0.29) is 0 Å². The molecule has 1 atom stereocenters. The van der Waals surface area contributed by atoms with Crippen molar-refractivity contribution in [1.82, 2.24) is 5.32 Å². The summed E-state index contributed by atoms with van der Waals surface area (Å²) in [5.74, 6) is 0. The predicted molar refractivity (Wildman–Crippen MR) is 77.2 cm³/mol. The second-order valence-electron chi connectivity index (χ2n) is 5.44. The molecule has 92 valence electrons. The fourth-order valence-corrected chi connectivity index (χ4v) is 3.86. The zero-order valence-electron chi connectivity index (χ0n) is 10.9. The van der Waals surface area contributed by atoms with Crippen LogP contribution in [0.25, 0.3) is 0 Å². The van der Waals surface area contributed by atoms with Gasteiger partial charge in [-0.1, -0.05) is 27.7 Å². The molecule has 1 heterocycles. The van der Waals surface area contributed by atoms with Gasteiger partial charge in [-0.3, -0.25) is 0 Å². The minimum absolute atomic E-state index is 0.351. The van der Waals surface area contributed by atoms with E-state index in [1.54, 1.807) is 0 Å². The number of aryl methyl sites for hydroxylation is 1. The minimum atomic E-state index is 0.351. The van der Waals surface area contributed by atoms with E-state index in [0.717, 1.165) is 6.54 Å². The number of rotatable bonds is 4. The second kappa shape index (κ2) is 5.65. The molecule has 1 nitrogen and oxygen atoms in total. The van der Waals surface area contributed by atoms with Gasteiger partial charge in [0.1, 0.15) is 0 Å². The summed E-state index contributed by atoms with van der Waals surface area (Å²) >= 11 is 5.56. The Morgan fingerprint density at radius 1 is 1.44 bits per heavy atom. The van der Waals surface area contributed by atoms with Gasteiger partial charge >= 0.3 is 0 Å². The molecule has 1 unspecified atom stereocenters. The van der Waals surface area contributed by atoms with Gasteiger partial charge in [-0.05, 0) is 47.3 Å². The molecule has 0 radical (unpaired) electrons. The third kappa shape index (κ3) is 4.19. The smallest absolute Gasteiger partial charge is 0.0431 e. The summed E-state index contributed by atoms with van der Waals surface area (Å²) in [7, 11) is 0.